The molecule has 10 nitrogen and oxygen atoms in total. The van der Waals surface area contributed by atoms with Gasteiger partial charge >= 0.3 is 17.9 Å². The summed E-state index contributed by atoms with van der Waals surface area (Å²) in [7, 11) is 3.66. The molecule has 0 aliphatic rings. The molecule has 0 amide bonds. The predicted octanol–water partition coefficient (Wildman–Crippen LogP) is 0.510. The number of hydrogen-bond donors (Lipinski definition) is 1. The molecule has 10 heteroatoms. The van der Waals surface area contributed by atoms with Crippen LogP contribution < -0.4 is 5.56 Å². The van der Waals surface area contributed by atoms with Gasteiger partial charge < -0.3 is 19.2 Å². The monoisotopic (exact) mass is 398 g/mol. The summed E-state index contributed by atoms with van der Waals surface area (Å²) < 4.78 is 13.0. The number of unbranched alkanes of at least 4 members (excludes halogenated alkanes) is 1. The lowest BCUT2D eigenvalue weighted by molar-refractivity contribution is -0.146. The first-order valence-corrected chi connectivity index (χ1v) is 8.56. The minimum atomic E-state index is -0.649. The number of esters is 3. The normalized spacial score (nSPS) is 9.57. The number of carbonyl (C=O) groups excluding carboxylic acids is 4. The smallest absolute Gasteiger partial charge is 0.313 e. The first-order valence-electron chi connectivity index (χ1n) is 8.56. The maximum Gasteiger partial charge on any atom is 0.313 e. The molecule has 1 aromatic rings. The van der Waals surface area contributed by atoms with Gasteiger partial charge in [0.1, 0.15) is 18.7 Å². The van der Waals surface area contributed by atoms with E-state index >= 15 is 0 Å². The van der Waals surface area contributed by atoms with Gasteiger partial charge in [-0.05, 0) is 6.42 Å². The molecule has 0 aromatic carbocycles. The van der Waals surface area contributed by atoms with Gasteiger partial charge in [-0.1, -0.05) is 13.3 Å². The van der Waals surface area contributed by atoms with Gasteiger partial charge in [-0.3, -0.25) is 24.0 Å². The number of ether oxygens (including phenoxy) is 3. The quantitative estimate of drug-likeness (QED) is 0.357. The average Bonchev–Trinajstić information content (AvgIpc) is 2.65. The SMILES string of the molecule is CCCCc1nc(CC(=O)OC)cc(=O)[nH]1.COC(=O)CC(=O)CC(=O)OC. The average molecular weight is 398 g/mol. The van der Waals surface area contributed by atoms with Crippen LogP contribution in [0, 0.1) is 0 Å². The van der Waals surface area contributed by atoms with Crippen molar-refractivity contribution in [2.24, 2.45) is 0 Å². The van der Waals surface area contributed by atoms with Crippen molar-refractivity contribution in [1.29, 1.82) is 0 Å². The number of methoxy groups -OCH3 is 3. The Labute approximate surface area is 162 Å². The zero-order valence-corrected chi connectivity index (χ0v) is 16.5. The Bertz CT molecular complexity index is 707. The number of carbonyl (C=O) groups is 4. The highest BCUT2D eigenvalue weighted by atomic mass is 16.5. The van der Waals surface area contributed by atoms with Crippen molar-refractivity contribution in [2.45, 2.75) is 45.4 Å². The summed E-state index contributed by atoms with van der Waals surface area (Å²) in [6.45, 7) is 2.07. The molecule has 0 bridgehead atoms. The Morgan fingerprint density at radius 2 is 1.50 bits per heavy atom. The first kappa shape index (κ1) is 25.0. The molecule has 1 N–H and O–H groups in total. The van der Waals surface area contributed by atoms with Gasteiger partial charge in [0.15, 0.2) is 5.78 Å². The standard InChI is InChI=1S/C11H16N2O3.C7H10O5/c1-3-4-5-9-12-8(6-10(14)13-9)7-11(15)16-2;1-11-6(9)3-5(8)4-7(10)12-2/h6H,3-5,7H2,1-2H3,(H,12,13,14);3-4H2,1-2H3. The summed E-state index contributed by atoms with van der Waals surface area (Å²) in [6, 6.07) is 1.33. The molecule has 1 rings (SSSR count). The van der Waals surface area contributed by atoms with Crippen molar-refractivity contribution >= 4 is 23.7 Å². The predicted molar refractivity (Wildman–Crippen MR) is 97.5 cm³/mol. The van der Waals surface area contributed by atoms with E-state index in [-0.39, 0.29) is 30.8 Å². The zero-order chi connectivity index (χ0) is 21.5. The van der Waals surface area contributed by atoms with E-state index in [4.69, 9.17) is 0 Å². The molecule has 0 spiro atoms. The van der Waals surface area contributed by atoms with E-state index in [9.17, 15) is 24.0 Å². The van der Waals surface area contributed by atoms with E-state index in [1.807, 2.05) is 0 Å². The van der Waals surface area contributed by atoms with Gasteiger partial charge in [-0.15, -0.1) is 0 Å². The minimum absolute atomic E-state index is 0.0412. The summed E-state index contributed by atoms with van der Waals surface area (Å²) in [6.07, 6.45) is 1.99. The molecule has 1 heterocycles. The summed E-state index contributed by atoms with van der Waals surface area (Å²) in [5, 5.41) is 0. The van der Waals surface area contributed by atoms with Crippen LogP contribution in [0.25, 0.3) is 0 Å². The van der Waals surface area contributed by atoms with Gasteiger partial charge in [0.25, 0.3) is 5.56 Å². The van der Waals surface area contributed by atoms with Crippen LogP contribution in [-0.2, 0) is 46.2 Å². The van der Waals surface area contributed by atoms with Crippen LogP contribution >= 0.6 is 0 Å². The van der Waals surface area contributed by atoms with Crippen molar-refractivity contribution in [3.8, 4) is 0 Å². The molecule has 0 saturated heterocycles. The number of H-pyrrole nitrogens is 1. The number of Topliss-reactive ketones (excluding diaryl/α,β-unsaturated/α-hetero) is 1. The lowest BCUT2D eigenvalue weighted by Gasteiger charge is -2.02. The molecular formula is C18H26N2O8. The number of ketones is 1. The fourth-order valence-electron chi connectivity index (χ4n) is 1.87. The van der Waals surface area contributed by atoms with Gasteiger partial charge in [0.2, 0.25) is 0 Å². The fraction of sp³-hybridized carbons (Fsp3) is 0.556. The minimum Gasteiger partial charge on any atom is -0.469 e. The molecule has 1 aromatic heterocycles. The maximum absolute atomic E-state index is 11.3. The second-order valence-corrected chi connectivity index (χ2v) is 5.58. The molecule has 0 radical (unpaired) electrons. The molecule has 156 valence electrons. The molecule has 0 unspecified atom stereocenters. The second kappa shape index (κ2) is 14.1. The number of aromatic amines is 1. The summed E-state index contributed by atoms with van der Waals surface area (Å²) >= 11 is 0. The van der Waals surface area contributed by atoms with E-state index in [2.05, 4.69) is 31.1 Å². The van der Waals surface area contributed by atoms with Crippen LogP contribution in [0.1, 0.15) is 44.1 Å². The molecule has 0 aliphatic carbocycles. The summed E-state index contributed by atoms with van der Waals surface area (Å²) in [5.41, 5.74) is 0.238. The third kappa shape index (κ3) is 11.6. The highest BCUT2D eigenvalue weighted by Crippen LogP contribution is 2.00. The van der Waals surface area contributed by atoms with E-state index in [0.29, 0.717) is 11.5 Å². The maximum atomic E-state index is 11.3. The van der Waals surface area contributed by atoms with Gasteiger partial charge in [0, 0.05) is 12.5 Å². The lowest BCUT2D eigenvalue weighted by atomic mass is 10.2. The molecule has 0 aliphatic heterocycles. The van der Waals surface area contributed by atoms with Crippen molar-refractivity contribution in [1.82, 2.24) is 9.97 Å². The molecule has 0 atom stereocenters. The van der Waals surface area contributed by atoms with Crippen molar-refractivity contribution in [2.75, 3.05) is 21.3 Å². The van der Waals surface area contributed by atoms with Crippen LogP contribution in [0.2, 0.25) is 0 Å². The Morgan fingerprint density at radius 1 is 0.964 bits per heavy atom. The number of aromatic nitrogens is 2. The first-order chi connectivity index (χ1) is 13.2. The van der Waals surface area contributed by atoms with E-state index < -0.39 is 17.7 Å². The van der Waals surface area contributed by atoms with Crippen molar-refractivity contribution < 1.29 is 33.4 Å². The third-order valence-corrected chi connectivity index (χ3v) is 3.30. The highest BCUT2D eigenvalue weighted by Gasteiger charge is 2.13. The van der Waals surface area contributed by atoms with Crippen LogP contribution in [0.3, 0.4) is 0 Å². The van der Waals surface area contributed by atoms with Crippen molar-refractivity contribution in [3.63, 3.8) is 0 Å². The van der Waals surface area contributed by atoms with Crippen molar-refractivity contribution in [3.05, 3.63) is 27.9 Å². The molecule has 0 saturated carbocycles. The Hall–Kier alpha value is -3.04. The van der Waals surface area contributed by atoms with Crippen LogP contribution in [-0.4, -0.2) is 55.0 Å². The number of nitrogens with zero attached hydrogens (tertiary/aromatic N) is 1. The number of nitrogens with one attached hydrogen (secondary N) is 1. The third-order valence-electron chi connectivity index (χ3n) is 3.30. The van der Waals surface area contributed by atoms with E-state index in [1.165, 1.54) is 27.4 Å². The Balaban J connectivity index is 0.000000546. The van der Waals surface area contributed by atoms with Crippen LogP contribution in [0.4, 0.5) is 0 Å². The summed E-state index contributed by atoms with van der Waals surface area (Å²) in [5.74, 6) is -1.56. The van der Waals surface area contributed by atoms with Gasteiger partial charge in [-0.2, -0.15) is 0 Å². The fourth-order valence-corrected chi connectivity index (χ4v) is 1.87. The van der Waals surface area contributed by atoms with E-state index in [0.717, 1.165) is 19.3 Å². The molecule has 0 fully saturated rings. The van der Waals surface area contributed by atoms with Crippen LogP contribution in [0.5, 0.6) is 0 Å². The largest absolute Gasteiger partial charge is 0.469 e. The van der Waals surface area contributed by atoms with Crippen LogP contribution in [0.15, 0.2) is 10.9 Å². The molecule has 28 heavy (non-hydrogen) atoms. The number of hydrogen-bond acceptors (Lipinski definition) is 9. The van der Waals surface area contributed by atoms with Gasteiger partial charge in [0.05, 0.1) is 33.4 Å². The highest BCUT2D eigenvalue weighted by molar-refractivity contribution is 6.03. The lowest BCUT2D eigenvalue weighted by Crippen LogP contribution is -2.15. The topological polar surface area (TPSA) is 142 Å². The zero-order valence-electron chi connectivity index (χ0n) is 16.5. The molecular weight excluding hydrogens is 372 g/mol. The Kier molecular flexibility index (Phi) is 12.5. The number of rotatable bonds is 9. The van der Waals surface area contributed by atoms with Gasteiger partial charge in [-0.25, -0.2) is 4.98 Å². The summed E-state index contributed by atoms with van der Waals surface area (Å²) in [4.78, 5) is 61.0. The number of aryl methyl sites for hydroxylation is 1. The Morgan fingerprint density at radius 3 is 1.96 bits per heavy atom. The van der Waals surface area contributed by atoms with E-state index in [1.54, 1.807) is 0 Å². The second-order valence-electron chi connectivity index (χ2n) is 5.58.